The number of hydrogen-bond acceptors (Lipinski definition) is 3. The van der Waals surface area contributed by atoms with Gasteiger partial charge in [0.15, 0.2) is 0 Å². The van der Waals surface area contributed by atoms with Gasteiger partial charge in [-0.2, -0.15) is 11.3 Å². The van der Waals surface area contributed by atoms with Crippen LogP contribution in [-0.2, 0) is 6.54 Å². The Morgan fingerprint density at radius 3 is 2.82 bits per heavy atom. The fourth-order valence-electron chi connectivity index (χ4n) is 3.27. The second kappa shape index (κ2) is 5.51. The maximum atomic E-state index is 3.67. The lowest BCUT2D eigenvalue weighted by atomic mass is 9.88. The Balaban J connectivity index is 1.47. The maximum absolute atomic E-state index is 3.67. The lowest BCUT2D eigenvalue weighted by Crippen LogP contribution is -2.40. The molecule has 2 aliphatic heterocycles. The summed E-state index contributed by atoms with van der Waals surface area (Å²) in [7, 11) is 0. The molecular weight excluding hydrogens is 228 g/mol. The van der Waals surface area contributed by atoms with Crippen LogP contribution in [0.15, 0.2) is 16.8 Å². The van der Waals surface area contributed by atoms with Crippen LogP contribution in [0.4, 0.5) is 0 Å². The molecule has 1 N–H and O–H groups in total. The van der Waals surface area contributed by atoms with E-state index in [1.807, 2.05) is 11.3 Å². The molecule has 2 nitrogen and oxygen atoms in total. The third kappa shape index (κ3) is 2.90. The van der Waals surface area contributed by atoms with Gasteiger partial charge in [-0.05, 0) is 73.6 Å². The van der Waals surface area contributed by atoms with Crippen LogP contribution in [0.25, 0.3) is 0 Å². The van der Waals surface area contributed by atoms with Gasteiger partial charge in [0.2, 0.25) is 0 Å². The molecule has 2 aliphatic rings. The van der Waals surface area contributed by atoms with E-state index < -0.39 is 0 Å². The number of rotatable bonds is 3. The largest absolute Gasteiger partial charge is 0.314 e. The summed E-state index contributed by atoms with van der Waals surface area (Å²) in [6.45, 7) is 4.99. The standard InChI is InChI=1S/C14H22N2S/c1-2-14(15-6-1)13-3-7-16(8-4-13)10-12-5-9-17-11-12/h5,9,11,13-15H,1-4,6-8,10H2. The number of nitrogens with zero attached hydrogens (tertiary/aromatic N) is 1. The van der Waals surface area contributed by atoms with E-state index in [1.165, 1.54) is 50.9 Å². The Labute approximate surface area is 108 Å². The van der Waals surface area contributed by atoms with Crippen LogP contribution in [0.2, 0.25) is 0 Å². The first kappa shape index (κ1) is 11.7. The first-order valence-corrected chi connectivity index (χ1v) is 7.83. The molecule has 3 rings (SSSR count). The highest BCUT2D eigenvalue weighted by Crippen LogP contribution is 2.26. The Morgan fingerprint density at radius 1 is 1.29 bits per heavy atom. The van der Waals surface area contributed by atoms with Crippen molar-refractivity contribution in [1.29, 1.82) is 0 Å². The monoisotopic (exact) mass is 250 g/mol. The van der Waals surface area contributed by atoms with Crippen LogP contribution in [-0.4, -0.2) is 30.6 Å². The Morgan fingerprint density at radius 2 is 2.18 bits per heavy atom. The predicted octanol–water partition coefficient (Wildman–Crippen LogP) is 2.71. The van der Waals surface area contributed by atoms with E-state index in [1.54, 1.807) is 0 Å². The molecule has 0 aromatic carbocycles. The summed E-state index contributed by atoms with van der Waals surface area (Å²) >= 11 is 1.81. The van der Waals surface area contributed by atoms with Crippen molar-refractivity contribution in [2.45, 2.75) is 38.3 Å². The zero-order valence-corrected chi connectivity index (χ0v) is 11.2. The summed E-state index contributed by atoms with van der Waals surface area (Å²) in [4.78, 5) is 2.62. The summed E-state index contributed by atoms with van der Waals surface area (Å²) in [5.41, 5.74) is 1.49. The molecule has 2 saturated heterocycles. The van der Waals surface area contributed by atoms with Crippen molar-refractivity contribution >= 4 is 11.3 Å². The van der Waals surface area contributed by atoms with E-state index >= 15 is 0 Å². The molecule has 0 bridgehead atoms. The maximum Gasteiger partial charge on any atom is 0.0241 e. The zero-order valence-electron chi connectivity index (χ0n) is 10.4. The molecule has 0 saturated carbocycles. The average Bonchev–Trinajstić information content (AvgIpc) is 3.01. The van der Waals surface area contributed by atoms with Crippen molar-refractivity contribution < 1.29 is 0 Å². The summed E-state index contributed by atoms with van der Waals surface area (Å²) in [5, 5.41) is 8.14. The molecule has 1 aromatic rings. The van der Waals surface area contributed by atoms with E-state index in [2.05, 4.69) is 27.0 Å². The number of likely N-dealkylation sites (tertiary alicyclic amines) is 1. The molecule has 1 aromatic heterocycles. The summed E-state index contributed by atoms with van der Waals surface area (Å²) in [6.07, 6.45) is 5.58. The molecule has 17 heavy (non-hydrogen) atoms. The summed E-state index contributed by atoms with van der Waals surface area (Å²) in [6, 6.07) is 3.09. The second-order valence-electron chi connectivity index (χ2n) is 5.45. The van der Waals surface area contributed by atoms with Gasteiger partial charge in [0.25, 0.3) is 0 Å². The average molecular weight is 250 g/mol. The Hall–Kier alpha value is -0.380. The van der Waals surface area contributed by atoms with Gasteiger partial charge in [0, 0.05) is 12.6 Å². The summed E-state index contributed by atoms with van der Waals surface area (Å²) in [5.74, 6) is 0.941. The van der Waals surface area contributed by atoms with Crippen LogP contribution < -0.4 is 5.32 Å². The van der Waals surface area contributed by atoms with Gasteiger partial charge in [-0.1, -0.05) is 0 Å². The molecule has 0 aliphatic carbocycles. The van der Waals surface area contributed by atoms with Crippen molar-refractivity contribution in [2.24, 2.45) is 5.92 Å². The first-order valence-electron chi connectivity index (χ1n) is 6.88. The molecule has 94 valence electrons. The third-order valence-electron chi connectivity index (χ3n) is 4.29. The number of piperidine rings is 1. The van der Waals surface area contributed by atoms with Crippen LogP contribution in [0.1, 0.15) is 31.2 Å². The number of hydrogen-bond donors (Lipinski definition) is 1. The van der Waals surface area contributed by atoms with Gasteiger partial charge in [-0.3, -0.25) is 4.90 Å². The van der Waals surface area contributed by atoms with Crippen molar-refractivity contribution in [3.05, 3.63) is 22.4 Å². The van der Waals surface area contributed by atoms with E-state index in [0.29, 0.717) is 0 Å². The van der Waals surface area contributed by atoms with Crippen LogP contribution in [0.3, 0.4) is 0 Å². The van der Waals surface area contributed by atoms with Crippen molar-refractivity contribution in [1.82, 2.24) is 10.2 Å². The normalized spacial score (nSPS) is 27.6. The van der Waals surface area contributed by atoms with Crippen molar-refractivity contribution in [2.75, 3.05) is 19.6 Å². The minimum Gasteiger partial charge on any atom is -0.314 e. The molecular formula is C14H22N2S. The SMILES string of the molecule is c1cc(CN2CCC(C3CCCN3)CC2)cs1. The Bertz CT molecular complexity index is 322. The van der Waals surface area contributed by atoms with Crippen LogP contribution >= 0.6 is 11.3 Å². The fraction of sp³-hybridized carbons (Fsp3) is 0.714. The van der Waals surface area contributed by atoms with E-state index in [-0.39, 0.29) is 0 Å². The van der Waals surface area contributed by atoms with Crippen molar-refractivity contribution in [3.63, 3.8) is 0 Å². The van der Waals surface area contributed by atoms with Gasteiger partial charge in [-0.25, -0.2) is 0 Å². The van der Waals surface area contributed by atoms with Crippen molar-refractivity contribution in [3.8, 4) is 0 Å². The van der Waals surface area contributed by atoms with Gasteiger partial charge >= 0.3 is 0 Å². The van der Waals surface area contributed by atoms with Gasteiger partial charge in [-0.15, -0.1) is 0 Å². The van der Waals surface area contributed by atoms with Crippen LogP contribution in [0, 0.1) is 5.92 Å². The second-order valence-corrected chi connectivity index (χ2v) is 6.23. The molecule has 3 heteroatoms. The van der Waals surface area contributed by atoms with E-state index in [4.69, 9.17) is 0 Å². The molecule has 0 radical (unpaired) electrons. The first-order chi connectivity index (χ1) is 8.42. The lowest BCUT2D eigenvalue weighted by Gasteiger charge is -2.34. The molecule has 0 amide bonds. The molecule has 1 unspecified atom stereocenters. The minimum atomic E-state index is 0.832. The van der Waals surface area contributed by atoms with Gasteiger partial charge < -0.3 is 5.32 Å². The lowest BCUT2D eigenvalue weighted by molar-refractivity contribution is 0.157. The quantitative estimate of drug-likeness (QED) is 0.887. The topological polar surface area (TPSA) is 15.3 Å². The number of nitrogens with one attached hydrogen (secondary N) is 1. The summed E-state index contributed by atoms with van der Waals surface area (Å²) < 4.78 is 0. The molecule has 0 spiro atoms. The third-order valence-corrected chi connectivity index (χ3v) is 5.02. The molecule has 1 atom stereocenters. The van der Waals surface area contributed by atoms with Crippen LogP contribution in [0.5, 0.6) is 0 Å². The van der Waals surface area contributed by atoms with Gasteiger partial charge in [0.05, 0.1) is 0 Å². The zero-order chi connectivity index (χ0) is 11.5. The van der Waals surface area contributed by atoms with E-state index in [9.17, 15) is 0 Å². The highest BCUT2D eigenvalue weighted by molar-refractivity contribution is 7.07. The van der Waals surface area contributed by atoms with E-state index in [0.717, 1.165) is 18.5 Å². The fourth-order valence-corrected chi connectivity index (χ4v) is 3.93. The predicted molar refractivity (Wildman–Crippen MR) is 73.3 cm³/mol. The highest BCUT2D eigenvalue weighted by atomic mass is 32.1. The Kier molecular flexibility index (Phi) is 3.79. The smallest absolute Gasteiger partial charge is 0.0241 e. The molecule has 2 fully saturated rings. The highest BCUT2D eigenvalue weighted by Gasteiger charge is 2.28. The van der Waals surface area contributed by atoms with Gasteiger partial charge in [0.1, 0.15) is 0 Å². The number of thiophene rings is 1. The molecule has 3 heterocycles. The minimum absolute atomic E-state index is 0.832.